The van der Waals surface area contributed by atoms with Gasteiger partial charge in [0.1, 0.15) is 0 Å². The first-order valence-corrected chi connectivity index (χ1v) is 12.3. The van der Waals surface area contributed by atoms with Gasteiger partial charge in [0, 0.05) is 5.41 Å². The Kier molecular flexibility index (Phi) is 6.00. The van der Waals surface area contributed by atoms with Gasteiger partial charge in [-0.25, -0.2) is 0 Å². The van der Waals surface area contributed by atoms with Crippen LogP contribution < -0.4 is 0 Å². The van der Waals surface area contributed by atoms with Gasteiger partial charge in [0.25, 0.3) is 0 Å². The van der Waals surface area contributed by atoms with Gasteiger partial charge in [0.2, 0.25) is 0 Å². The molecular formula is C26H43FO. The van der Waals surface area contributed by atoms with Crippen LogP contribution in [0.2, 0.25) is 0 Å². The highest BCUT2D eigenvalue weighted by atomic mass is 19.1. The molecule has 2 heteroatoms. The van der Waals surface area contributed by atoms with Crippen molar-refractivity contribution < 1.29 is 9.50 Å². The molecule has 0 spiro atoms. The van der Waals surface area contributed by atoms with Crippen molar-refractivity contribution in [2.24, 2.45) is 40.4 Å². The molecule has 0 amide bonds. The van der Waals surface area contributed by atoms with Crippen LogP contribution in [0.15, 0.2) is 11.6 Å². The Morgan fingerprint density at radius 2 is 1.93 bits per heavy atom. The molecule has 4 aliphatic rings. The molecule has 0 saturated heterocycles. The fourth-order valence-corrected chi connectivity index (χ4v) is 8.21. The third-order valence-corrected chi connectivity index (χ3v) is 9.82. The molecule has 28 heavy (non-hydrogen) atoms. The Morgan fingerprint density at radius 1 is 1.11 bits per heavy atom. The van der Waals surface area contributed by atoms with Crippen molar-refractivity contribution in [2.75, 3.05) is 6.67 Å². The number of hydrogen-bond donors (Lipinski definition) is 1. The Morgan fingerprint density at radius 3 is 2.68 bits per heavy atom. The molecular weight excluding hydrogens is 347 g/mol. The zero-order chi connectivity index (χ0) is 19.9. The number of halogens is 1. The highest BCUT2D eigenvalue weighted by Crippen LogP contribution is 2.66. The zero-order valence-corrected chi connectivity index (χ0v) is 18.6. The number of aliphatic hydroxyl groups is 1. The SMILES string of the molecule is CC(C)CCCCC1CCC2C3CC=C4CC(O)CCC4(CF)C3CCC12C. The van der Waals surface area contributed by atoms with Gasteiger partial charge in [0.05, 0.1) is 12.8 Å². The van der Waals surface area contributed by atoms with E-state index in [9.17, 15) is 9.50 Å². The molecule has 0 aromatic carbocycles. The van der Waals surface area contributed by atoms with Crippen LogP contribution in [-0.4, -0.2) is 17.9 Å². The lowest BCUT2D eigenvalue weighted by atomic mass is 9.47. The minimum atomic E-state index is -0.238. The molecule has 7 atom stereocenters. The Balaban J connectivity index is 1.48. The van der Waals surface area contributed by atoms with Crippen LogP contribution in [0.3, 0.4) is 0 Å². The minimum absolute atomic E-state index is 0.200. The predicted octanol–water partition coefficient (Wildman–Crippen LogP) is 7.09. The largest absolute Gasteiger partial charge is 0.393 e. The van der Waals surface area contributed by atoms with Gasteiger partial charge in [-0.3, -0.25) is 4.39 Å². The molecule has 0 heterocycles. The molecule has 7 unspecified atom stereocenters. The van der Waals surface area contributed by atoms with Crippen molar-refractivity contribution in [1.29, 1.82) is 0 Å². The minimum Gasteiger partial charge on any atom is -0.393 e. The number of aliphatic hydroxyl groups excluding tert-OH is 1. The van der Waals surface area contributed by atoms with Crippen molar-refractivity contribution in [3.05, 3.63) is 11.6 Å². The smallest absolute Gasteiger partial charge is 0.0990 e. The fourth-order valence-electron chi connectivity index (χ4n) is 8.21. The Bertz CT molecular complexity index is 583. The van der Waals surface area contributed by atoms with Gasteiger partial charge in [0.15, 0.2) is 0 Å². The van der Waals surface area contributed by atoms with Gasteiger partial charge < -0.3 is 5.11 Å². The van der Waals surface area contributed by atoms with E-state index in [0.29, 0.717) is 17.3 Å². The normalized spacial score (nSPS) is 45.4. The summed E-state index contributed by atoms with van der Waals surface area (Å²) in [7, 11) is 0. The maximum Gasteiger partial charge on any atom is 0.0990 e. The van der Waals surface area contributed by atoms with E-state index in [1.54, 1.807) is 0 Å². The Hall–Kier alpha value is -0.370. The molecule has 3 fully saturated rings. The lowest BCUT2D eigenvalue weighted by Crippen LogP contribution is -2.52. The number of hydrogen-bond acceptors (Lipinski definition) is 1. The first-order chi connectivity index (χ1) is 13.4. The number of allylic oxidation sites excluding steroid dienone is 1. The first kappa shape index (κ1) is 20.9. The summed E-state index contributed by atoms with van der Waals surface area (Å²) in [5.74, 6) is 3.74. The zero-order valence-electron chi connectivity index (χ0n) is 18.6. The maximum atomic E-state index is 14.6. The van der Waals surface area contributed by atoms with Crippen LogP contribution in [0, 0.1) is 40.4 Å². The van der Waals surface area contributed by atoms with Crippen LogP contribution in [0.25, 0.3) is 0 Å². The van der Waals surface area contributed by atoms with Gasteiger partial charge in [-0.1, -0.05) is 51.7 Å². The third kappa shape index (κ3) is 3.40. The molecule has 1 N–H and O–H groups in total. The summed E-state index contributed by atoms with van der Waals surface area (Å²) in [6, 6.07) is 0. The summed E-state index contributed by atoms with van der Waals surface area (Å²) in [5, 5.41) is 10.2. The third-order valence-electron chi connectivity index (χ3n) is 9.82. The van der Waals surface area contributed by atoms with Crippen LogP contribution >= 0.6 is 0 Å². The van der Waals surface area contributed by atoms with Crippen molar-refractivity contribution in [3.8, 4) is 0 Å². The van der Waals surface area contributed by atoms with Gasteiger partial charge >= 0.3 is 0 Å². The van der Waals surface area contributed by atoms with E-state index < -0.39 is 0 Å². The van der Waals surface area contributed by atoms with E-state index >= 15 is 0 Å². The van der Waals surface area contributed by atoms with Crippen LogP contribution in [0.4, 0.5) is 4.39 Å². The highest BCUT2D eigenvalue weighted by molar-refractivity contribution is 5.26. The quantitative estimate of drug-likeness (QED) is 0.379. The molecule has 0 aromatic heterocycles. The van der Waals surface area contributed by atoms with E-state index in [0.717, 1.165) is 43.4 Å². The highest BCUT2D eigenvalue weighted by Gasteiger charge is 2.59. The van der Waals surface area contributed by atoms with E-state index in [1.807, 2.05) is 0 Å². The summed E-state index contributed by atoms with van der Waals surface area (Å²) in [4.78, 5) is 0. The van der Waals surface area contributed by atoms with Gasteiger partial charge in [-0.2, -0.15) is 0 Å². The van der Waals surface area contributed by atoms with Gasteiger partial charge in [-0.05, 0) is 92.8 Å². The molecule has 0 bridgehead atoms. The second-order valence-corrected chi connectivity index (χ2v) is 11.5. The molecule has 4 aliphatic carbocycles. The molecule has 0 aliphatic heterocycles. The monoisotopic (exact) mass is 390 g/mol. The second kappa shape index (κ2) is 8.05. The molecule has 0 radical (unpaired) electrons. The van der Waals surface area contributed by atoms with E-state index in [1.165, 1.54) is 56.9 Å². The van der Waals surface area contributed by atoms with Crippen LogP contribution in [-0.2, 0) is 0 Å². The average molecular weight is 391 g/mol. The average Bonchev–Trinajstić information content (AvgIpc) is 3.01. The first-order valence-electron chi connectivity index (χ1n) is 12.3. The summed E-state index contributed by atoms with van der Waals surface area (Å²) in [5.41, 5.74) is 1.55. The molecule has 160 valence electrons. The number of alkyl halides is 1. The number of fused-ring (bicyclic) bond motifs is 5. The fraction of sp³-hybridized carbons (Fsp3) is 0.923. The lowest BCUT2D eigenvalue weighted by Gasteiger charge is -2.58. The van der Waals surface area contributed by atoms with Crippen molar-refractivity contribution in [2.45, 2.75) is 104 Å². The number of unbranched alkanes of at least 4 members (excludes halogenated alkanes) is 1. The predicted molar refractivity (Wildman–Crippen MR) is 115 cm³/mol. The molecule has 4 rings (SSSR count). The molecule has 0 aromatic rings. The van der Waals surface area contributed by atoms with Crippen LogP contribution in [0.5, 0.6) is 0 Å². The van der Waals surface area contributed by atoms with Gasteiger partial charge in [-0.15, -0.1) is 0 Å². The van der Waals surface area contributed by atoms with Crippen LogP contribution in [0.1, 0.15) is 97.8 Å². The van der Waals surface area contributed by atoms with Crippen molar-refractivity contribution in [3.63, 3.8) is 0 Å². The summed E-state index contributed by atoms with van der Waals surface area (Å²) >= 11 is 0. The second-order valence-electron chi connectivity index (χ2n) is 11.5. The van der Waals surface area contributed by atoms with Crippen molar-refractivity contribution in [1.82, 2.24) is 0 Å². The Labute approximate surface area is 172 Å². The summed E-state index contributed by atoms with van der Waals surface area (Å²) in [6.07, 6.45) is 16.6. The molecule has 3 saturated carbocycles. The lowest BCUT2D eigenvalue weighted by molar-refractivity contribution is -0.0648. The summed E-state index contributed by atoms with van der Waals surface area (Å²) in [6.45, 7) is 7.07. The molecule has 1 nitrogen and oxygen atoms in total. The topological polar surface area (TPSA) is 20.2 Å². The number of rotatable bonds is 6. The summed E-state index contributed by atoms with van der Waals surface area (Å²) < 4.78 is 14.6. The van der Waals surface area contributed by atoms with E-state index in [2.05, 4.69) is 26.8 Å². The van der Waals surface area contributed by atoms with E-state index in [4.69, 9.17) is 0 Å². The maximum absolute atomic E-state index is 14.6. The standard InChI is InChI=1S/C26H43FO/c1-18(2)6-4-5-7-19-9-11-23-22-10-8-20-16-21(28)12-15-26(20,17-27)24(22)13-14-25(19,23)3/h8,18-19,21-24,28H,4-7,9-17H2,1-3H3. The van der Waals surface area contributed by atoms with Crippen molar-refractivity contribution >= 4 is 0 Å². The van der Waals surface area contributed by atoms with E-state index in [-0.39, 0.29) is 18.2 Å².